The Labute approximate surface area is 93.4 Å². The molecule has 0 saturated carbocycles. The van der Waals surface area contributed by atoms with Gasteiger partial charge in [0.25, 0.3) is 0 Å². The summed E-state index contributed by atoms with van der Waals surface area (Å²) in [6.45, 7) is -3.60. The minimum absolute atomic E-state index is 0. The van der Waals surface area contributed by atoms with E-state index in [1.165, 1.54) is 0 Å². The van der Waals surface area contributed by atoms with E-state index in [1.54, 1.807) is 0 Å². The van der Waals surface area contributed by atoms with Crippen LogP contribution < -0.4 is 0 Å². The van der Waals surface area contributed by atoms with E-state index in [2.05, 4.69) is 0 Å². The average Bonchev–Trinajstić information content (AvgIpc) is 2.14. The molecule has 0 fully saturated rings. The molecular weight excluding hydrogens is 127 g/mol. The maximum Gasteiger partial charge on any atom is 0.303 e. The van der Waals surface area contributed by atoms with Crippen LogP contribution in [0.5, 0.6) is 0 Å². The zero-order valence-electron chi connectivity index (χ0n) is 15.9. The van der Waals surface area contributed by atoms with Gasteiger partial charge in [0, 0.05) is 51.0 Å². The number of aliphatic carboxylic acids is 1. The van der Waals surface area contributed by atoms with Gasteiger partial charge < -0.3 is 5.11 Å². The van der Waals surface area contributed by atoms with Crippen LogP contribution in [0.2, 0.25) is 0 Å². The molecule has 0 aromatic rings. The van der Waals surface area contributed by atoms with E-state index in [0.717, 1.165) is 0 Å². The zero-order valence-corrected chi connectivity index (χ0v) is 6.86. The average molecular weight is 150 g/mol. The minimum Gasteiger partial charge on any atom is -0.481 e. The van der Waals surface area contributed by atoms with Crippen molar-refractivity contribution in [3.8, 4) is 0 Å². The first-order valence-electron chi connectivity index (χ1n) is 7.18. The first kappa shape index (κ1) is 1.99. The van der Waals surface area contributed by atoms with Gasteiger partial charge in [0.2, 0.25) is 0 Å². The van der Waals surface area contributed by atoms with Gasteiger partial charge in [-0.05, 0) is 6.37 Å². The second kappa shape index (κ2) is 8.47. The minimum atomic E-state index is -3.91. The van der Waals surface area contributed by atoms with E-state index in [0.29, 0.717) is 0 Å². The Bertz CT molecular complexity index is 374. The molecule has 0 unspecified atom stereocenters. The van der Waals surface area contributed by atoms with Crippen LogP contribution in [-0.4, -0.2) is 40.6 Å². The number of carboxylic acids is 1. The summed E-state index contributed by atoms with van der Waals surface area (Å²) in [7, 11) is 0. The van der Waals surface area contributed by atoms with E-state index < -0.39 is 38.3 Å². The van der Waals surface area contributed by atoms with Crippen LogP contribution in [0.3, 0.4) is 0 Å². The third kappa shape index (κ3) is 11.8. The van der Waals surface area contributed by atoms with E-state index in [4.69, 9.17) is 20.2 Å². The fourth-order valence-corrected chi connectivity index (χ4v) is 0.116. The molecule has 0 aliphatic rings. The summed E-state index contributed by atoms with van der Waals surface area (Å²) in [5, 5.41) is 8.56. The largest absolute Gasteiger partial charge is 0.481 e. The number of carboxylic acid groups (broad SMARTS) is 1. The van der Waals surface area contributed by atoms with Crippen molar-refractivity contribution < 1.29 is 25.0 Å². The van der Waals surface area contributed by atoms with E-state index in [9.17, 15) is 4.79 Å². The Morgan fingerprint density at radius 1 is 1.78 bits per heavy atom. The number of rotatable bonds is 4. The molecular formula is C6H12NaO2. The number of hydrogen-bond donors (Lipinski definition) is 1. The van der Waals surface area contributed by atoms with Crippen LogP contribution in [-0.2, 0) is 4.79 Å². The molecule has 0 aromatic carbocycles. The number of hydrogen-bond acceptors (Lipinski definition) is 1. The molecule has 0 aliphatic carbocycles. The molecule has 49 valence electrons. The van der Waals surface area contributed by atoms with Crippen molar-refractivity contribution in [3.05, 3.63) is 0 Å². The topological polar surface area (TPSA) is 37.3 Å². The molecule has 0 bridgehead atoms. The van der Waals surface area contributed by atoms with Crippen molar-refractivity contribution in [2.45, 2.75) is 32.3 Å². The molecule has 3 heteroatoms. The van der Waals surface area contributed by atoms with Crippen LogP contribution in [0, 0.1) is 0 Å². The molecule has 0 rings (SSSR count). The fraction of sp³-hybridized carbons (Fsp3) is 0.833. The summed E-state index contributed by atoms with van der Waals surface area (Å²) in [4.78, 5) is 10.6. The predicted octanol–water partition coefficient (Wildman–Crippen LogP) is 1.27. The molecule has 0 atom stereocenters. The van der Waals surface area contributed by atoms with Gasteiger partial charge in [-0.2, -0.15) is 0 Å². The van der Waals surface area contributed by atoms with Gasteiger partial charge in [0.1, 0.15) is 0 Å². The van der Waals surface area contributed by atoms with Crippen molar-refractivity contribution in [2.75, 3.05) is 0 Å². The molecule has 0 saturated heterocycles. The van der Waals surface area contributed by atoms with Gasteiger partial charge in [-0.15, -0.1) is 0 Å². The molecule has 0 aliphatic heterocycles. The van der Waals surface area contributed by atoms with Crippen molar-refractivity contribution in [3.63, 3.8) is 0 Å². The first-order valence-corrected chi connectivity index (χ1v) is 1.68. The van der Waals surface area contributed by atoms with Crippen LogP contribution in [0.25, 0.3) is 0 Å². The van der Waals surface area contributed by atoms with Crippen molar-refractivity contribution in [1.82, 2.24) is 0 Å². The molecule has 2 nitrogen and oxygen atoms in total. The SMILES string of the molecule is [2H]C([2H])([2H])C([2H])([2H])C([2H])([2H])C([2H])([2H])C([2H])([2H])C(=O)O.[Na]. The third-order valence-corrected chi connectivity index (χ3v) is 0.294. The molecule has 0 amide bonds. The van der Waals surface area contributed by atoms with Gasteiger partial charge in [-0.1, -0.05) is 19.6 Å². The van der Waals surface area contributed by atoms with E-state index >= 15 is 0 Å². The predicted molar refractivity (Wildman–Crippen MR) is 37.5 cm³/mol. The fourth-order valence-electron chi connectivity index (χ4n) is 0.116. The quantitative estimate of drug-likeness (QED) is 0.613. The van der Waals surface area contributed by atoms with Crippen LogP contribution in [0.1, 0.15) is 47.4 Å². The first-order chi connectivity index (χ1) is 7.94. The molecule has 1 N–H and O–H groups in total. The van der Waals surface area contributed by atoms with E-state index in [-0.39, 0.29) is 29.6 Å². The Balaban J connectivity index is 0. The second-order valence-electron chi connectivity index (χ2n) is 0.805. The normalized spacial score (nSPS) is 34.0. The van der Waals surface area contributed by atoms with Gasteiger partial charge in [-0.25, -0.2) is 0 Å². The van der Waals surface area contributed by atoms with Crippen molar-refractivity contribution in [2.24, 2.45) is 0 Å². The molecule has 0 spiro atoms. The Morgan fingerprint density at radius 2 is 2.44 bits per heavy atom. The summed E-state index contributed by atoms with van der Waals surface area (Å²) < 4.78 is 78.1. The Hall–Kier alpha value is 0.470. The maximum absolute atomic E-state index is 10.6. The van der Waals surface area contributed by atoms with Gasteiger partial charge in [0.05, 0.1) is 0 Å². The summed E-state index contributed by atoms with van der Waals surface area (Å²) in [5.41, 5.74) is 0. The number of carbonyl (C=O) groups is 1. The Morgan fingerprint density at radius 3 is 2.89 bits per heavy atom. The van der Waals surface area contributed by atoms with Gasteiger partial charge in [-0.3, -0.25) is 4.79 Å². The smallest absolute Gasteiger partial charge is 0.303 e. The second-order valence-corrected chi connectivity index (χ2v) is 0.805. The molecule has 0 heterocycles. The molecule has 0 aromatic heterocycles. The van der Waals surface area contributed by atoms with Crippen LogP contribution in [0.4, 0.5) is 0 Å². The van der Waals surface area contributed by atoms with E-state index in [1.807, 2.05) is 0 Å². The third-order valence-electron chi connectivity index (χ3n) is 0.294. The molecule has 1 radical (unpaired) electrons. The van der Waals surface area contributed by atoms with Crippen LogP contribution in [0.15, 0.2) is 0 Å². The summed E-state index contributed by atoms with van der Waals surface area (Å²) in [6.07, 6.45) is -15.4. The summed E-state index contributed by atoms with van der Waals surface area (Å²) >= 11 is 0. The van der Waals surface area contributed by atoms with Crippen molar-refractivity contribution >= 4 is 35.5 Å². The van der Waals surface area contributed by atoms with Gasteiger partial charge >= 0.3 is 5.97 Å². The summed E-state index contributed by atoms with van der Waals surface area (Å²) in [5.74, 6) is -2.36. The molecule has 9 heavy (non-hydrogen) atoms. The van der Waals surface area contributed by atoms with Crippen molar-refractivity contribution in [1.29, 1.82) is 0 Å². The maximum atomic E-state index is 10.6. The standard InChI is InChI=1S/C6H12O2.Na/c1-2-3-4-5-6(7)8;/h2-5H2,1H3,(H,7,8);/i1D3,2D2,3D2,4D2,5D2;. The Kier molecular flexibility index (Phi) is 1.87. The van der Waals surface area contributed by atoms with Gasteiger partial charge in [0.15, 0.2) is 0 Å². The monoisotopic (exact) mass is 150 g/mol. The summed E-state index contributed by atoms with van der Waals surface area (Å²) in [6, 6.07) is 0. The van der Waals surface area contributed by atoms with Crippen LogP contribution >= 0.6 is 0 Å². The zero-order chi connectivity index (χ0) is 16.1.